The van der Waals surface area contributed by atoms with Gasteiger partial charge in [-0.3, -0.25) is 0 Å². The van der Waals surface area contributed by atoms with Crippen LogP contribution in [-0.4, -0.2) is 10.2 Å². The monoisotopic (exact) mass is 352 g/mol. The van der Waals surface area contributed by atoms with Gasteiger partial charge in [-0.2, -0.15) is 0 Å². The third-order valence-corrected chi connectivity index (χ3v) is 7.79. The summed E-state index contributed by atoms with van der Waals surface area (Å²) in [6, 6.07) is 17.1. The van der Waals surface area contributed by atoms with Crippen molar-refractivity contribution in [1.82, 2.24) is 0 Å². The van der Waals surface area contributed by atoms with Gasteiger partial charge in [0.2, 0.25) is 0 Å². The number of hydrogen-bond donors (Lipinski definition) is 2. The molecular formula is C21H21O3P. The van der Waals surface area contributed by atoms with Gasteiger partial charge in [-0.1, -0.05) is 6.07 Å². The quantitative estimate of drug-likeness (QED) is 0.707. The van der Waals surface area contributed by atoms with Crippen LogP contribution in [0.3, 0.4) is 0 Å². The first kappa shape index (κ1) is 17.3. The molecule has 0 saturated carbocycles. The average Bonchev–Trinajstić information content (AvgIpc) is 2.58. The molecular weight excluding hydrogens is 331 g/mol. The molecule has 4 heteroatoms. The van der Waals surface area contributed by atoms with E-state index in [9.17, 15) is 14.8 Å². The van der Waals surface area contributed by atoms with Crippen molar-refractivity contribution in [2.24, 2.45) is 0 Å². The largest absolute Gasteiger partial charge is 0.508 e. The van der Waals surface area contributed by atoms with E-state index >= 15 is 0 Å². The molecule has 128 valence electrons. The van der Waals surface area contributed by atoms with E-state index in [-0.39, 0.29) is 11.5 Å². The molecule has 0 fully saturated rings. The minimum absolute atomic E-state index is 0.137. The van der Waals surface area contributed by atoms with Crippen molar-refractivity contribution in [3.63, 3.8) is 0 Å². The van der Waals surface area contributed by atoms with Gasteiger partial charge in [0.1, 0.15) is 11.5 Å². The minimum Gasteiger partial charge on any atom is -0.508 e. The van der Waals surface area contributed by atoms with Gasteiger partial charge in [-0.25, -0.2) is 0 Å². The fourth-order valence-electron chi connectivity index (χ4n) is 3.04. The molecule has 0 radical (unpaired) electrons. The summed E-state index contributed by atoms with van der Waals surface area (Å²) >= 11 is 0. The molecule has 0 amide bonds. The Hall–Kier alpha value is -2.51. The standard InChI is InChI=1S/C21H21O3P/c1-14-12-16(3)21(13-15(14)2)25(24,19-8-4-17(22)5-9-19)20-10-6-18(23)7-11-20/h4-13,22-23H,1-3H3. The zero-order valence-corrected chi connectivity index (χ0v) is 15.4. The molecule has 3 rings (SSSR count). The van der Waals surface area contributed by atoms with Crippen molar-refractivity contribution >= 4 is 23.1 Å². The lowest BCUT2D eigenvalue weighted by Crippen LogP contribution is -2.27. The van der Waals surface area contributed by atoms with E-state index in [1.165, 1.54) is 0 Å². The highest BCUT2D eigenvalue weighted by Crippen LogP contribution is 2.44. The number of benzene rings is 3. The fourth-order valence-corrected chi connectivity index (χ4v) is 5.97. The Bertz CT molecular complexity index is 908. The smallest absolute Gasteiger partial charge is 0.171 e. The second-order valence-electron chi connectivity index (χ2n) is 6.37. The molecule has 0 saturated heterocycles. The third kappa shape index (κ3) is 3.08. The average molecular weight is 352 g/mol. The van der Waals surface area contributed by atoms with Crippen LogP contribution in [0.5, 0.6) is 11.5 Å². The van der Waals surface area contributed by atoms with Crippen LogP contribution in [0.25, 0.3) is 0 Å². The lowest BCUT2D eigenvalue weighted by atomic mass is 10.1. The Morgan fingerprint density at radius 2 is 1.04 bits per heavy atom. The van der Waals surface area contributed by atoms with E-state index in [1.807, 2.05) is 26.8 Å². The lowest BCUT2D eigenvalue weighted by molar-refractivity contribution is 0.475. The second-order valence-corrected chi connectivity index (χ2v) is 9.10. The number of phenolic OH excluding ortho intramolecular Hbond substituents is 2. The molecule has 0 aromatic heterocycles. The first-order valence-corrected chi connectivity index (χ1v) is 9.80. The van der Waals surface area contributed by atoms with Crippen LogP contribution < -0.4 is 15.9 Å². The van der Waals surface area contributed by atoms with Gasteiger partial charge >= 0.3 is 0 Å². The summed E-state index contributed by atoms with van der Waals surface area (Å²) in [6.07, 6.45) is 0. The third-order valence-electron chi connectivity index (χ3n) is 4.58. The van der Waals surface area contributed by atoms with E-state index in [0.29, 0.717) is 10.6 Å². The predicted molar refractivity (Wildman–Crippen MR) is 103 cm³/mol. The maximum Gasteiger partial charge on any atom is 0.171 e. The Morgan fingerprint density at radius 3 is 1.48 bits per heavy atom. The molecule has 0 unspecified atom stereocenters. The Morgan fingerprint density at radius 1 is 0.640 bits per heavy atom. The summed E-state index contributed by atoms with van der Waals surface area (Å²) in [5.74, 6) is 0.274. The van der Waals surface area contributed by atoms with Gasteiger partial charge in [0.05, 0.1) is 0 Å². The van der Waals surface area contributed by atoms with Gasteiger partial charge in [0.25, 0.3) is 0 Å². The van der Waals surface area contributed by atoms with Crippen molar-refractivity contribution < 1.29 is 14.8 Å². The molecule has 0 aliphatic carbocycles. The summed E-state index contributed by atoms with van der Waals surface area (Å²) in [5, 5.41) is 21.3. The summed E-state index contributed by atoms with van der Waals surface area (Å²) in [6.45, 7) is 6.02. The molecule has 0 spiro atoms. The second kappa shape index (κ2) is 6.42. The van der Waals surface area contributed by atoms with Crippen molar-refractivity contribution in [2.45, 2.75) is 20.8 Å². The normalized spacial score (nSPS) is 11.5. The molecule has 3 aromatic rings. The van der Waals surface area contributed by atoms with Crippen LogP contribution in [0, 0.1) is 20.8 Å². The van der Waals surface area contributed by atoms with Crippen LogP contribution in [0.15, 0.2) is 60.7 Å². The molecule has 3 nitrogen and oxygen atoms in total. The number of phenols is 2. The van der Waals surface area contributed by atoms with Crippen LogP contribution in [0.2, 0.25) is 0 Å². The van der Waals surface area contributed by atoms with Crippen molar-refractivity contribution in [3.8, 4) is 11.5 Å². The molecule has 25 heavy (non-hydrogen) atoms. The summed E-state index contributed by atoms with van der Waals surface area (Å²) in [7, 11) is -3.12. The maximum absolute atomic E-state index is 14.4. The minimum atomic E-state index is -3.12. The lowest BCUT2D eigenvalue weighted by Gasteiger charge is -2.23. The van der Waals surface area contributed by atoms with E-state index in [0.717, 1.165) is 22.0 Å². The number of hydrogen-bond acceptors (Lipinski definition) is 3. The fraction of sp³-hybridized carbons (Fsp3) is 0.143. The first-order chi connectivity index (χ1) is 11.8. The molecule has 0 bridgehead atoms. The molecule has 0 aliphatic heterocycles. The number of aromatic hydroxyl groups is 2. The van der Waals surface area contributed by atoms with E-state index in [1.54, 1.807) is 48.5 Å². The highest BCUT2D eigenvalue weighted by Gasteiger charge is 2.31. The number of rotatable bonds is 3. The SMILES string of the molecule is Cc1cc(C)c(P(=O)(c2ccc(O)cc2)c2ccc(O)cc2)cc1C. The first-order valence-electron chi connectivity index (χ1n) is 8.10. The molecule has 0 heterocycles. The van der Waals surface area contributed by atoms with Crippen LogP contribution in [0.1, 0.15) is 16.7 Å². The summed E-state index contributed by atoms with van der Waals surface area (Å²) < 4.78 is 14.4. The van der Waals surface area contributed by atoms with Gasteiger partial charge in [-0.15, -0.1) is 0 Å². The summed E-state index contributed by atoms with van der Waals surface area (Å²) in [5.41, 5.74) is 3.20. The highest BCUT2D eigenvalue weighted by atomic mass is 31.2. The van der Waals surface area contributed by atoms with Crippen molar-refractivity contribution in [1.29, 1.82) is 0 Å². The zero-order chi connectivity index (χ0) is 18.2. The molecule has 3 aromatic carbocycles. The highest BCUT2D eigenvalue weighted by molar-refractivity contribution is 7.85. The molecule has 0 atom stereocenters. The van der Waals surface area contributed by atoms with Gasteiger partial charge in [0.15, 0.2) is 7.14 Å². The van der Waals surface area contributed by atoms with E-state index in [2.05, 4.69) is 6.07 Å². The predicted octanol–water partition coefficient (Wildman–Crippen LogP) is 3.66. The number of aryl methyl sites for hydroxylation is 3. The van der Waals surface area contributed by atoms with Gasteiger partial charge < -0.3 is 14.8 Å². The topological polar surface area (TPSA) is 57.5 Å². The Kier molecular flexibility index (Phi) is 4.45. The molecule has 0 aliphatic rings. The summed E-state index contributed by atoms with van der Waals surface area (Å²) in [4.78, 5) is 0. The zero-order valence-electron chi connectivity index (χ0n) is 14.5. The van der Waals surface area contributed by atoms with E-state index < -0.39 is 7.14 Å². The molecule has 2 N–H and O–H groups in total. The van der Waals surface area contributed by atoms with Crippen LogP contribution in [0.4, 0.5) is 0 Å². The van der Waals surface area contributed by atoms with Gasteiger partial charge in [0, 0.05) is 15.9 Å². The van der Waals surface area contributed by atoms with Crippen molar-refractivity contribution in [3.05, 3.63) is 77.4 Å². The van der Waals surface area contributed by atoms with E-state index in [4.69, 9.17) is 0 Å². The van der Waals surface area contributed by atoms with Crippen LogP contribution in [-0.2, 0) is 4.57 Å². The maximum atomic E-state index is 14.4. The van der Waals surface area contributed by atoms with Crippen molar-refractivity contribution in [2.75, 3.05) is 0 Å². The Balaban J connectivity index is 2.33. The van der Waals surface area contributed by atoms with Crippen LogP contribution >= 0.6 is 7.14 Å². The van der Waals surface area contributed by atoms with Gasteiger partial charge in [-0.05, 0) is 92.1 Å². The Labute approximate surface area is 148 Å².